The summed E-state index contributed by atoms with van der Waals surface area (Å²) in [6, 6.07) is 0. The molecule has 0 fully saturated rings. The second-order valence-electron chi connectivity index (χ2n) is 15.5. The normalized spacial score (nSPS) is 12.6. The van der Waals surface area contributed by atoms with Crippen LogP contribution in [-0.2, 0) is 19.1 Å². The van der Waals surface area contributed by atoms with E-state index in [1.54, 1.807) is 0 Å². The molecule has 0 aromatic rings. The molecule has 0 aliphatic carbocycles. The molecule has 314 valence electrons. The summed E-state index contributed by atoms with van der Waals surface area (Å²) in [5.41, 5.74) is 0. The predicted molar refractivity (Wildman–Crippen MR) is 233 cm³/mol. The summed E-state index contributed by atoms with van der Waals surface area (Å²) in [5.74, 6) is -0.603. The number of esters is 2. The highest BCUT2D eigenvalue weighted by atomic mass is 16.6. The molecule has 0 saturated heterocycles. The molecule has 1 unspecified atom stereocenters. The van der Waals surface area contributed by atoms with Gasteiger partial charge in [0.05, 0.1) is 6.61 Å². The van der Waals surface area contributed by atoms with Gasteiger partial charge in [-0.15, -0.1) is 0 Å². The second kappa shape index (κ2) is 45.3. The fourth-order valence-corrected chi connectivity index (χ4v) is 6.56. The Kier molecular flexibility index (Phi) is 43.5. The highest BCUT2D eigenvalue weighted by Crippen LogP contribution is 2.15. The van der Waals surface area contributed by atoms with Gasteiger partial charge in [-0.3, -0.25) is 9.59 Å². The Morgan fingerprint density at radius 3 is 1.17 bits per heavy atom. The summed E-state index contributed by atoms with van der Waals surface area (Å²) in [5, 5.41) is 9.58. The smallest absolute Gasteiger partial charge is 0.306 e. The molecule has 54 heavy (non-hydrogen) atoms. The maximum atomic E-state index is 12.2. The largest absolute Gasteiger partial charge is 0.462 e. The Morgan fingerprint density at radius 2 is 0.778 bits per heavy atom. The molecular weight excluding hydrogens is 669 g/mol. The number of aliphatic hydroxyl groups is 1. The molecule has 5 nitrogen and oxygen atoms in total. The van der Waals surface area contributed by atoms with Crippen LogP contribution in [0.5, 0.6) is 0 Å². The van der Waals surface area contributed by atoms with E-state index in [-0.39, 0.29) is 25.2 Å². The predicted octanol–water partition coefficient (Wildman–Crippen LogP) is 15.0. The van der Waals surface area contributed by atoms with Crippen molar-refractivity contribution in [3.8, 4) is 0 Å². The average molecular weight is 757 g/mol. The van der Waals surface area contributed by atoms with Crippen LogP contribution in [0, 0.1) is 0 Å². The number of hydrogen-bond acceptors (Lipinski definition) is 5. The van der Waals surface area contributed by atoms with Gasteiger partial charge in [-0.1, -0.05) is 197 Å². The Hall–Kier alpha value is -2.14. The van der Waals surface area contributed by atoms with Crippen molar-refractivity contribution in [3.05, 3.63) is 48.6 Å². The summed E-state index contributed by atoms with van der Waals surface area (Å²) in [6.07, 6.45) is 57.7. The molecule has 0 aliphatic rings. The first-order valence-corrected chi connectivity index (χ1v) is 23.2. The van der Waals surface area contributed by atoms with Gasteiger partial charge in [0.1, 0.15) is 6.61 Å². The molecule has 0 aromatic heterocycles. The molecule has 0 saturated carbocycles. The SMILES string of the molecule is CCC/C=C\C/C=C\CCCCCCCC(=O)OCC(CO)OC(=O)CCCCCCCCCCCCCCCCC/C=C\C/C=C\CCCCCCC. The van der Waals surface area contributed by atoms with Crippen molar-refractivity contribution in [3.63, 3.8) is 0 Å². The van der Waals surface area contributed by atoms with E-state index in [0.29, 0.717) is 12.8 Å². The average Bonchev–Trinajstić information content (AvgIpc) is 3.17. The van der Waals surface area contributed by atoms with Gasteiger partial charge in [0, 0.05) is 12.8 Å². The van der Waals surface area contributed by atoms with Gasteiger partial charge >= 0.3 is 11.9 Å². The molecule has 0 rings (SSSR count). The fourth-order valence-electron chi connectivity index (χ4n) is 6.56. The second-order valence-corrected chi connectivity index (χ2v) is 15.5. The maximum absolute atomic E-state index is 12.2. The van der Waals surface area contributed by atoms with Gasteiger partial charge < -0.3 is 14.6 Å². The van der Waals surface area contributed by atoms with Gasteiger partial charge in [0.15, 0.2) is 6.10 Å². The lowest BCUT2D eigenvalue weighted by Gasteiger charge is -2.15. The first kappa shape index (κ1) is 51.9. The summed E-state index contributed by atoms with van der Waals surface area (Å²) in [4.78, 5) is 24.3. The molecule has 0 aliphatic heterocycles. The van der Waals surface area contributed by atoms with E-state index in [1.807, 2.05) is 0 Å². The number of unbranched alkanes of at least 4 members (excludes halogenated alkanes) is 26. The molecule has 0 spiro atoms. The van der Waals surface area contributed by atoms with Crippen molar-refractivity contribution in [1.29, 1.82) is 0 Å². The van der Waals surface area contributed by atoms with Crippen molar-refractivity contribution in [2.75, 3.05) is 13.2 Å². The summed E-state index contributed by atoms with van der Waals surface area (Å²) < 4.78 is 10.6. The highest BCUT2D eigenvalue weighted by Gasteiger charge is 2.16. The third kappa shape index (κ3) is 42.6. The van der Waals surface area contributed by atoms with Gasteiger partial charge in [0.25, 0.3) is 0 Å². The molecule has 0 aromatic carbocycles. The zero-order valence-electron chi connectivity index (χ0n) is 35.7. The van der Waals surface area contributed by atoms with Gasteiger partial charge in [-0.2, -0.15) is 0 Å². The van der Waals surface area contributed by atoms with E-state index in [2.05, 4.69) is 62.5 Å². The van der Waals surface area contributed by atoms with Crippen LogP contribution in [0.3, 0.4) is 0 Å². The number of rotatable bonds is 42. The van der Waals surface area contributed by atoms with Gasteiger partial charge in [-0.05, 0) is 70.6 Å². The standard InChI is InChI=1S/C49H88O5/c1-3-5-7-9-11-13-15-17-18-19-20-21-22-23-24-25-26-27-28-29-30-32-34-36-38-40-42-44-49(52)54-47(45-50)46-53-48(51)43-41-39-37-35-33-31-16-14-12-10-8-6-4-2/h8,10,14-17,19-20,47,50H,3-7,9,11-13,18,21-46H2,1-2H3/b10-8-,16-14-,17-15-,20-19-. The minimum absolute atomic E-state index is 0.0724. The highest BCUT2D eigenvalue weighted by molar-refractivity contribution is 5.70. The lowest BCUT2D eigenvalue weighted by atomic mass is 10.0. The van der Waals surface area contributed by atoms with E-state index in [4.69, 9.17) is 9.47 Å². The molecule has 0 heterocycles. The van der Waals surface area contributed by atoms with Crippen molar-refractivity contribution < 1.29 is 24.2 Å². The van der Waals surface area contributed by atoms with Crippen LogP contribution in [0.4, 0.5) is 0 Å². The van der Waals surface area contributed by atoms with E-state index in [9.17, 15) is 14.7 Å². The van der Waals surface area contributed by atoms with Crippen LogP contribution in [0.2, 0.25) is 0 Å². The van der Waals surface area contributed by atoms with Gasteiger partial charge in [-0.25, -0.2) is 0 Å². The molecule has 1 atom stereocenters. The molecule has 0 bridgehead atoms. The van der Waals surface area contributed by atoms with Crippen LogP contribution < -0.4 is 0 Å². The summed E-state index contributed by atoms with van der Waals surface area (Å²) >= 11 is 0. The van der Waals surface area contributed by atoms with E-state index < -0.39 is 6.10 Å². The van der Waals surface area contributed by atoms with E-state index in [0.717, 1.165) is 64.2 Å². The molecular formula is C49H88O5. The Morgan fingerprint density at radius 1 is 0.426 bits per heavy atom. The van der Waals surface area contributed by atoms with Crippen LogP contribution in [0.25, 0.3) is 0 Å². The van der Waals surface area contributed by atoms with E-state index >= 15 is 0 Å². The van der Waals surface area contributed by atoms with Crippen LogP contribution in [0.15, 0.2) is 48.6 Å². The molecule has 5 heteroatoms. The number of hydrogen-bond donors (Lipinski definition) is 1. The zero-order valence-corrected chi connectivity index (χ0v) is 35.7. The van der Waals surface area contributed by atoms with Gasteiger partial charge in [0.2, 0.25) is 0 Å². The van der Waals surface area contributed by atoms with E-state index in [1.165, 1.54) is 141 Å². The van der Waals surface area contributed by atoms with Crippen molar-refractivity contribution in [2.45, 2.75) is 238 Å². The lowest BCUT2D eigenvalue weighted by molar-refractivity contribution is -0.161. The third-order valence-electron chi connectivity index (χ3n) is 10.1. The summed E-state index contributed by atoms with van der Waals surface area (Å²) in [6.45, 7) is 4.06. The van der Waals surface area contributed by atoms with Crippen LogP contribution in [0.1, 0.15) is 232 Å². The van der Waals surface area contributed by atoms with Crippen molar-refractivity contribution in [2.24, 2.45) is 0 Å². The molecule has 0 radical (unpaired) electrons. The molecule has 0 amide bonds. The summed E-state index contributed by atoms with van der Waals surface area (Å²) in [7, 11) is 0. The maximum Gasteiger partial charge on any atom is 0.306 e. The van der Waals surface area contributed by atoms with Crippen LogP contribution >= 0.6 is 0 Å². The number of ether oxygens (including phenoxy) is 2. The van der Waals surface area contributed by atoms with Crippen molar-refractivity contribution >= 4 is 11.9 Å². The lowest BCUT2D eigenvalue weighted by Crippen LogP contribution is -2.28. The molecule has 1 N–H and O–H groups in total. The Labute approximate surface area is 335 Å². The quantitative estimate of drug-likeness (QED) is 0.0381. The fraction of sp³-hybridized carbons (Fsp3) is 0.796. The number of aliphatic hydroxyl groups excluding tert-OH is 1. The third-order valence-corrected chi connectivity index (χ3v) is 10.1. The Balaban J connectivity index is 3.48. The van der Waals surface area contributed by atoms with Crippen molar-refractivity contribution in [1.82, 2.24) is 0 Å². The number of carbonyl (C=O) groups excluding carboxylic acids is 2. The minimum atomic E-state index is -0.776. The minimum Gasteiger partial charge on any atom is -0.462 e. The topological polar surface area (TPSA) is 72.8 Å². The first-order valence-electron chi connectivity index (χ1n) is 23.2. The number of allylic oxidation sites excluding steroid dienone is 8. The number of carbonyl (C=O) groups is 2. The van der Waals surface area contributed by atoms with Crippen LogP contribution in [-0.4, -0.2) is 36.4 Å². The monoisotopic (exact) mass is 757 g/mol. The zero-order chi connectivity index (χ0) is 39.3. The Bertz CT molecular complexity index is 904. The first-order chi connectivity index (χ1) is 26.6.